The molecule has 25 heavy (non-hydrogen) atoms. The molecule has 7 heteroatoms. The van der Waals surface area contributed by atoms with E-state index in [1.807, 2.05) is 29.3 Å². The fourth-order valence-corrected chi connectivity index (χ4v) is 3.66. The monoisotopic (exact) mass is 339 g/mol. The number of rotatable bonds is 2. The number of hydrogen-bond acceptors (Lipinski definition) is 6. The molecular weight excluding hydrogens is 318 g/mol. The van der Waals surface area contributed by atoms with E-state index >= 15 is 0 Å². The van der Waals surface area contributed by atoms with Crippen LogP contribution in [0.1, 0.15) is 16.9 Å². The summed E-state index contributed by atoms with van der Waals surface area (Å²) < 4.78 is 5.86. The molecule has 4 rings (SSSR count). The van der Waals surface area contributed by atoms with Gasteiger partial charge in [0.2, 0.25) is 0 Å². The van der Waals surface area contributed by atoms with Crippen molar-refractivity contribution in [1.29, 1.82) is 0 Å². The van der Waals surface area contributed by atoms with Crippen molar-refractivity contribution in [3.05, 3.63) is 48.7 Å². The number of carbonyl (C=O) groups is 1. The Morgan fingerprint density at radius 3 is 2.88 bits per heavy atom. The maximum Gasteiger partial charge on any atom is 0.274 e. The lowest BCUT2D eigenvalue weighted by Gasteiger charge is -2.31. The maximum absolute atomic E-state index is 12.8. The summed E-state index contributed by atoms with van der Waals surface area (Å²) in [4.78, 5) is 29.5. The second-order valence-corrected chi connectivity index (χ2v) is 6.73. The highest BCUT2D eigenvalue weighted by molar-refractivity contribution is 5.92. The van der Waals surface area contributed by atoms with Crippen molar-refractivity contribution in [2.75, 3.05) is 44.3 Å². The van der Waals surface area contributed by atoms with Crippen LogP contribution in [0.2, 0.25) is 0 Å². The largest absolute Gasteiger partial charge is 0.379 e. The lowest BCUT2D eigenvalue weighted by atomic mass is 9.87. The van der Waals surface area contributed by atoms with Crippen LogP contribution < -0.4 is 4.90 Å². The average molecular weight is 339 g/mol. The minimum Gasteiger partial charge on any atom is -0.379 e. The van der Waals surface area contributed by atoms with E-state index in [1.165, 1.54) is 6.20 Å². The maximum atomic E-state index is 12.8. The van der Waals surface area contributed by atoms with Gasteiger partial charge in [0.15, 0.2) is 0 Å². The zero-order valence-corrected chi connectivity index (χ0v) is 14.0. The molecule has 130 valence electrons. The summed E-state index contributed by atoms with van der Waals surface area (Å²) in [5.74, 6) is 0.907. The molecule has 0 aliphatic carbocycles. The third kappa shape index (κ3) is 3.32. The third-order valence-corrected chi connectivity index (χ3v) is 4.92. The molecule has 1 amide bonds. The van der Waals surface area contributed by atoms with Crippen LogP contribution in [0.3, 0.4) is 0 Å². The number of ether oxygens (including phenoxy) is 1. The van der Waals surface area contributed by atoms with Crippen molar-refractivity contribution in [2.45, 2.75) is 6.42 Å². The average Bonchev–Trinajstić information content (AvgIpc) is 2.97. The van der Waals surface area contributed by atoms with Crippen LogP contribution in [0.25, 0.3) is 0 Å². The Kier molecular flexibility index (Phi) is 4.31. The molecule has 0 unspecified atom stereocenters. The molecule has 0 N–H and O–H groups in total. The van der Waals surface area contributed by atoms with Gasteiger partial charge in [-0.25, -0.2) is 9.97 Å². The summed E-state index contributed by atoms with van der Waals surface area (Å²) in [6.45, 7) is 4.24. The SMILES string of the molecule is O=C(c1cnccn1)N1CCOC[C@@]2(CCN(c3ccccn3)C2)C1. The standard InChI is InChI=1S/C18H21N5O2/c24-17(15-11-19-6-7-20-15)23-9-10-25-14-18(13-23)4-8-22(12-18)16-3-1-2-5-21-16/h1-3,5-7,11H,4,8-10,12-14H2/t18-/m1/s1. The first kappa shape index (κ1) is 16.0. The van der Waals surface area contributed by atoms with Gasteiger partial charge in [0.1, 0.15) is 11.5 Å². The Labute approximate surface area is 146 Å². The zero-order valence-electron chi connectivity index (χ0n) is 14.0. The minimum atomic E-state index is -0.0748. The third-order valence-electron chi connectivity index (χ3n) is 4.92. The van der Waals surface area contributed by atoms with E-state index < -0.39 is 0 Å². The van der Waals surface area contributed by atoms with Crippen molar-refractivity contribution in [2.24, 2.45) is 5.41 Å². The summed E-state index contributed by atoms with van der Waals surface area (Å²) in [5.41, 5.74) is 0.324. The number of anilines is 1. The van der Waals surface area contributed by atoms with Gasteiger partial charge in [-0.3, -0.25) is 9.78 Å². The van der Waals surface area contributed by atoms with Crippen LogP contribution >= 0.6 is 0 Å². The molecule has 2 aliphatic rings. The molecule has 1 atom stereocenters. The van der Waals surface area contributed by atoms with E-state index in [4.69, 9.17) is 4.74 Å². The molecule has 2 saturated heterocycles. The Bertz CT molecular complexity index is 727. The Hall–Kier alpha value is -2.54. The summed E-state index contributed by atoms with van der Waals surface area (Å²) in [6.07, 6.45) is 7.44. The summed E-state index contributed by atoms with van der Waals surface area (Å²) in [7, 11) is 0. The Morgan fingerprint density at radius 2 is 2.08 bits per heavy atom. The normalized spacial score (nSPS) is 23.7. The molecule has 0 radical (unpaired) electrons. The van der Waals surface area contributed by atoms with Crippen LogP contribution in [0.15, 0.2) is 43.0 Å². The van der Waals surface area contributed by atoms with E-state index in [0.717, 1.165) is 25.3 Å². The molecular formula is C18H21N5O2. The van der Waals surface area contributed by atoms with Crippen LogP contribution in [0.4, 0.5) is 5.82 Å². The molecule has 4 heterocycles. The van der Waals surface area contributed by atoms with Crippen molar-refractivity contribution < 1.29 is 9.53 Å². The number of nitrogens with zero attached hydrogens (tertiary/aromatic N) is 5. The van der Waals surface area contributed by atoms with Crippen LogP contribution in [0, 0.1) is 5.41 Å². The van der Waals surface area contributed by atoms with Crippen LogP contribution in [-0.2, 0) is 4.74 Å². The molecule has 2 aromatic rings. The molecule has 2 fully saturated rings. The van der Waals surface area contributed by atoms with E-state index in [9.17, 15) is 4.79 Å². The molecule has 0 saturated carbocycles. The van der Waals surface area contributed by atoms with E-state index in [1.54, 1.807) is 12.4 Å². The predicted molar refractivity (Wildman–Crippen MR) is 92.3 cm³/mol. The molecule has 2 aliphatic heterocycles. The number of hydrogen-bond donors (Lipinski definition) is 0. The van der Waals surface area contributed by atoms with Crippen molar-refractivity contribution >= 4 is 11.7 Å². The number of pyridine rings is 1. The second kappa shape index (κ2) is 6.76. The van der Waals surface area contributed by atoms with E-state index in [0.29, 0.717) is 32.0 Å². The van der Waals surface area contributed by atoms with E-state index in [2.05, 4.69) is 19.9 Å². The fourth-order valence-electron chi connectivity index (χ4n) is 3.66. The second-order valence-electron chi connectivity index (χ2n) is 6.73. The summed E-state index contributed by atoms with van der Waals surface area (Å²) >= 11 is 0. The molecule has 2 aromatic heterocycles. The highest BCUT2D eigenvalue weighted by Crippen LogP contribution is 2.35. The lowest BCUT2D eigenvalue weighted by molar-refractivity contribution is 0.0685. The summed E-state index contributed by atoms with van der Waals surface area (Å²) in [5, 5.41) is 0. The summed E-state index contributed by atoms with van der Waals surface area (Å²) in [6, 6.07) is 5.95. The fraction of sp³-hybridized carbons (Fsp3) is 0.444. The van der Waals surface area contributed by atoms with Crippen molar-refractivity contribution in [1.82, 2.24) is 19.9 Å². The topological polar surface area (TPSA) is 71.5 Å². The van der Waals surface area contributed by atoms with Gasteiger partial charge in [0.25, 0.3) is 5.91 Å². The first-order valence-corrected chi connectivity index (χ1v) is 8.55. The first-order chi connectivity index (χ1) is 12.3. The number of amides is 1. The molecule has 0 aromatic carbocycles. The predicted octanol–water partition coefficient (Wildman–Crippen LogP) is 1.24. The highest BCUT2D eigenvalue weighted by atomic mass is 16.5. The molecule has 1 spiro atoms. The minimum absolute atomic E-state index is 0.0636. The Morgan fingerprint density at radius 1 is 1.12 bits per heavy atom. The molecule has 7 nitrogen and oxygen atoms in total. The quantitative estimate of drug-likeness (QED) is 0.820. The van der Waals surface area contributed by atoms with Gasteiger partial charge >= 0.3 is 0 Å². The van der Waals surface area contributed by atoms with Crippen LogP contribution in [0.5, 0.6) is 0 Å². The van der Waals surface area contributed by atoms with Crippen molar-refractivity contribution in [3.63, 3.8) is 0 Å². The van der Waals surface area contributed by atoms with Gasteiger partial charge in [-0.15, -0.1) is 0 Å². The lowest BCUT2D eigenvalue weighted by Crippen LogP contribution is -2.43. The van der Waals surface area contributed by atoms with E-state index in [-0.39, 0.29) is 11.3 Å². The van der Waals surface area contributed by atoms with Gasteiger partial charge in [-0.1, -0.05) is 6.07 Å². The van der Waals surface area contributed by atoms with Gasteiger partial charge in [0.05, 0.1) is 19.4 Å². The van der Waals surface area contributed by atoms with Gasteiger partial charge < -0.3 is 14.5 Å². The van der Waals surface area contributed by atoms with Crippen molar-refractivity contribution in [3.8, 4) is 0 Å². The van der Waals surface area contributed by atoms with Gasteiger partial charge in [-0.05, 0) is 18.6 Å². The highest BCUT2D eigenvalue weighted by Gasteiger charge is 2.42. The van der Waals surface area contributed by atoms with Gasteiger partial charge in [-0.2, -0.15) is 0 Å². The molecule has 0 bridgehead atoms. The van der Waals surface area contributed by atoms with Gasteiger partial charge in [0, 0.05) is 50.2 Å². The number of carbonyl (C=O) groups excluding carboxylic acids is 1. The number of aromatic nitrogens is 3. The first-order valence-electron chi connectivity index (χ1n) is 8.55. The van der Waals surface area contributed by atoms with Crippen LogP contribution in [-0.4, -0.2) is 65.2 Å². The smallest absolute Gasteiger partial charge is 0.274 e. The zero-order chi connectivity index (χ0) is 17.1. The Balaban J connectivity index is 1.51.